The van der Waals surface area contributed by atoms with Crippen molar-refractivity contribution in [3.63, 3.8) is 0 Å². The van der Waals surface area contributed by atoms with E-state index in [4.69, 9.17) is 5.73 Å². The summed E-state index contributed by atoms with van der Waals surface area (Å²) in [5.41, 5.74) is 5.75. The van der Waals surface area contributed by atoms with Crippen molar-refractivity contribution in [2.75, 3.05) is 0 Å². The monoisotopic (exact) mass is 224 g/mol. The molecule has 3 nitrogen and oxygen atoms in total. The molecule has 0 aliphatic heterocycles. The lowest BCUT2D eigenvalue weighted by Gasteiger charge is -2.32. The maximum Gasteiger partial charge on any atom is 0.237 e. The van der Waals surface area contributed by atoms with E-state index < -0.39 is 6.04 Å². The average Bonchev–Trinajstić information content (AvgIpc) is 2.30. The molecule has 1 rings (SSSR count). The number of nitrogens with one attached hydrogen (secondary N) is 1. The summed E-state index contributed by atoms with van der Waals surface area (Å²) in [6.45, 7) is 5.79. The van der Waals surface area contributed by atoms with Crippen molar-refractivity contribution in [2.24, 2.45) is 11.7 Å². The van der Waals surface area contributed by atoms with Gasteiger partial charge in [-0.1, -0.05) is 32.3 Å². The summed E-state index contributed by atoms with van der Waals surface area (Å²) < 4.78 is 0. The Kier molecular flexibility index (Phi) is 5.53. The average molecular weight is 224 g/mol. The van der Waals surface area contributed by atoms with Gasteiger partial charge in [-0.2, -0.15) is 0 Å². The van der Waals surface area contributed by atoms with Crippen LogP contribution in [0.2, 0.25) is 0 Å². The molecule has 1 amide bonds. The van der Waals surface area contributed by atoms with Crippen molar-refractivity contribution in [2.45, 2.75) is 57.5 Å². The summed E-state index contributed by atoms with van der Waals surface area (Å²) in [5.74, 6) is 0.610. The molecule has 92 valence electrons. The van der Waals surface area contributed by atoms with E-state index in [1.165, 1.54) is 19.3 Å². The van der Waals surface area contributed by atoms with Crippen LogP contribution >= 0.6 is 0 Å². The van der Waals surface area contributed by atoms with E-state index in [0.29, 0.717) is 18.4 Å². The molecular formula is C13H24N2O. The van der Waals surface area contributed by atoms with Crippen LogP contribution in [0.4, 0.5) is 0 Å². The molecule has 3 N–H and O–H groups in total. The Bertz CT molecular complexity index is 240. The van der Waals surface area contributed by atoms with E-state index in [9.17, 15) is 4.79 Å². The first-order chi connectivity index (χ1) is 7.69. The van der Waals surface area contributed by atoms with E-state index >= 15 is 0 Å². The predicted molar refractivity (Wildman–Crippen MR) is 67.0 cm³/mol. The minimum absolute atomic E-state index is 0.0229. The van der Waals surface area contributed by atoms with Crippen LogP contribution in [0.5, 0.6) is 0 Å². The molecule has 0 heterocycles. The number of nitrogens with two attached hydrogens (primary N) is 1. The molecule has 3 unspecified atom stereocenters. The van der Waals surface area contributed by atoms with Gasteiger partial charge in [-0.3, -0.25) is 4.79 Å². The molecule has 1 aliphatic rings. The summed E-state index contributed by atoms with van der Waals surface area (Å²) in [6, 6.07) is -0.0981. The molecule has 0 spiro atoms. The molecular weight excluding hydrogens is 200 g/mol. The predicted octanol–water partition coefficient (Wildman–Crippen LogP) is 1.97. The van der Waals surface area contributed by atoms with E-state index in [1.54, 1.807) is 6.08 Å². The third kappa shape index (κ3) is 3.63. The van der Waals surface area contributed by atoms with Crippen LogP contribution in [0.25, 0.3) is 0 Å². The number of amides is 1. The minimum atomic E-state index is -0.433. The molecule has 1 saturated carbocycles. The first-order valence-corrected chi connectivity index (χ1v) is 6.35. The van der Waals surface area contributed by atoms with Crippen LogP contribution < -0.4 is 11.1 Å². The highest BCUT2D eigenvalue weighted by Gasteiger charge is 2.26. The first kappa shape index (κ1) is 13.2. The SMILES string of the molecule is C=CCC(N)C(=O)NC1CCCCC1CC. The van der Waals surface area contributed by atoms with Gasteiger partial charge < -0.3 is 11.1 Å². The summed E-state index contributed by atoms with van der Waals surface area (Å²) >= 11 is 0. The van der Waals surface area contributed by atoms with Crippen molar-refractivity contribution >= 4 is 5.91 Å². The molecule has 1 fully saturated rings. The van der Waals surface area contributed by atoms with E-state index in [1.807, 2.05) is 0 Å². The van der Waals surface area contributed by atoms with Gasteiger partial charge in [0.1, 0.15) is 0 Å². The smallest absolute Gasteiger partial charge is 0.237 e. The second-order valence-corrected chi connectivity index (χ2v) is 4.70. The molecule has 1 aliphatic carbocycles. The van der Waals surface area contributed by atoms with Crippen molar-refractivity contribution in [1.29, 1.82) is 0 Å². The fourth-order valence-corrected chi connectivity index (χ4v) is 2.46. The van der Waals surface area contributed by atoms with Gasteiger partial charge in [-0.25, -0.2) is 0 Å². The Morgan fingerprint density at radius 1 is 1.56 bits per heavy atom. The highest BCUT2D eigenvalue weighted by Crippen LogP contribution is 2.26. The third-order valence-corrected chi connectivity index (χ3v) is 3.52. The summed E-state index contributed by atoms with van der Waals surface area (Å²) in [5, 5.41) is 3.09. The molecule has 0 saturated heterocycles. The lowest BCUT2D eigenvalue weighted by molar-refractivity contribution is -0.123. The number of hydrogen-bond donors (Lipinski definition) is 2. The largest absolute Gasteiger partial charge is 0.352 e. The molecule has 0 aromatic rings. The number of rotatable bonds is 5. The van der Waals surface area contributed by atoms with Gasteiger partial charge in [0.05, 0.1) is 6.04 Å². The van der Waals surface area contributed by atoms with Gasteiger partial charge in [0.15, 0.2) is 0 Å². The van der Waals surface area contributed by atoms with Gasteiger partial charge in [0.25, 0.3) is 0 Å². The lowest BCUT2D eigenvalue weighted by atomic mass is 9.83. The quantitative estimate of drug-likeness (QED) is 0.702. The Hall–Kier alpha value is -0.830. The van der Waals surface area contributed by atoms with Gasteiger partial charge in [-0.15, -0.1) is 6.58 Å². The summed E-state index contributed by atoms with van der Waals surface area (Å²) in [4.78, 5) is 11.8. The Morgan fingerprint density at radius 2 is 2.25 bits per heavy atom. The van der Waals surface area contributed by atoms with Crippen LogP contribution in [0, 0.1) is 5.92 Å². The van der Waals surface area contributed by atoms with E-state index in [2.05, 4.69) is 18.8 Å². The maximum atomic E-state index is 11.8. The lowest BCUT2D eigenvalue weighted by Crippen LogP contribution is -2.48. The highest BCUT2D eigenvalue weighted by molar-refractivity contribution is 5.81. The second-order valence-electron chi connectivity index (χ2n) is 4.70. The Labute approximate surface area is 98.5 Å². The molecule has 0 aromatic carbocycles. The minimum Gasteiger partial charge on any atom is -0.352 e. The number of carbonyl (C=O) groups excluding carboxylic acids is 1. The fourth-order valence-electron chi connectivity index (χ4n) is 2.46. The molecule has 3 heteroatoms. The van der Waals surface area contributed by atoms with Crippen LogP contribution in [0.15, 0.2) is 12.7 Å². The zero-order chi connectivity index (χ0) is 12.0. The molecule has 16 heavy (non-hydrogen) atoms. The van der Waals surface area contributed by atoms with Crippen molar-refractivity contribution in [3.8, 4) is 0 Å². The fraction of sp³-hybridized carbons (Fsp3) is 0.769. The number of hydrogen-bond acceptors (Lipinski definition) is 2. The Balaban J connectivity index is 2.44. The van der Waals surface area contributed by atoms with Gasteiger partial charge in [0, 0.05) is 6.04 Å². The van der Waals surface area contributed by atoms with Crippen molar-refractivity contribution in [1.82, 2.24) is 5.32 Å². The van der Waals surface area contributed by atoms with Crippen LogP contribution in [0.3, 0.4) is 0 Å². The molecule has 0 aromatic heterocycles. The zero-order valence-corrected chi connectivity index (χ0v) is 10.2. The van der Waals surface area contributed by atoms with Crippen molar-refractivity contribution in [3.05, 3.63) is 12.7 Å². The molecule has 3 atom stereocenters. The highest BCUT2D eigenvalue weighted by atomic mass is 16.2. The van der Waals surface area contributed by atoms with Gasteiger partial charge in [-0.05, 0) is 25.2 Å². The first-order valence-electron chi connectivity index (χ1n) is 6.35. The molecule has 0 radical (unpaired) electrons. The van der Waals surface area contributed by atoms with Gasteiger partial charge >= 0.3 is 0 Å². The topological polar surface area (TPSA) is 55.1 Å². The third-order valence-electron chi connectivity index (χ3n) is 3.52. The van der Waals surface area contributed by atoms with Gasteiger partial charge in [0.2, 0.25) is 5.91 Å². The molecule has 0 bridgehead atoms. The van der Waals surface area contributed by atoms with Crippen molar-refractivity contribution < 1.29 is 4.79 Å². The summed E-state index contributed by atoms with van der Waals surface area (Å²) in [7, 11) is 0. The van der Waals surface area contributed by atoms with E-state index in [0.717, 1.165) is 12.8 Å². The van der Waals surface area contributed by atoms with E-state index in [-0.39, 0.29) is 5.91 Å². The zero-order valence-electron chi connectivity index (χ0n) is 10.2. The van der Waals surface area contributed by atoms with Crippen LogP contribution in [-0.2, 0) is 4.79 Å². The summed E-state index contributed by atoms with van der Waals surface area (Å²) in [6.07, 6.45) is 8.24. The second kappa shape index (κ2) is 6.69. The maximum absolute atomic E-state index is 11.8. The standard InChI is InChI=1S/C13H24N2O/c1-3-7-11(14)13(16)15-12-9-6-5-8-10(12)4-2/h3,10-12H,1,4-9,14H2,2H3,(H,15,16). The normalized spacial score (nSPS) is 27.1. The van der Waals surface area contributed by atoms with Crippen LogP contribution in [-0.4, -0.2) is 18.0 Å². The Morgan fingerprint density at radius 3 is 2.88 bits per heavy atom. The number of carbonyl (C=O) groups is 1. The van der Waals surface area contributed by atoms with Crippen LogP contribution in [0.1, 0.15) is 45.4 Å².